The number of imidazole rings is 1. The van der Waals surface area contributed by atoms with Crippen LogP contribution >= 0.6 is 0 Å². The van der Waals surface area contributed by atoms with Crippen molar-refractivity contribution in [2.75, 3.05) is 5.73 Å². The third kappa shape index (κ3) is 2.32. The van der Waals surface area contributed by atoms with E-state index in [1.807, 2.05) is 18.2 Å². The normalized spacial score (nSPS) is 11.1. The van der Waals surface area contributed by atoms with E-state index in [2.05, 4.69) is 42.0 Å². The van der Waals surface area contributed by atoms with Gasteiger partial charge in [0, 0.05) is 12.1 Å². The Kier molecular flexibility index (Phi) is 2.75. The molecule has 0 fully saturated rings. The molecule has 0 amide bonds. The van der Waals surface area contributed by atoms with Crippen molar-refractivity contribution in [3.63, 3.8) is 0 Å². The predicted octanol–water partition coefficient (Wildman–Crippen LogP) is 3.35. The average molecular weight is 251 g/mol. The zero-order valence-electron chi connectivity index (χ0n) is 11.2. The van der Waals surface area contributed by atoms with Crippen molar-refractivity contribution in [2.45, 2.75) is 20.3 Å². The number of aromatic nitrogens is 2. The molecule has 0 aliphatic rings. The molecule has 0 radical (unpaired) electrons. The number of aromatic amines is 1. The maximum Gasteiger partial charge on any atom is 0.111 e. The Labute approximate surface area is 112 Å². The van der Waals surface area contributed by atoms with Crippen molar-refractivity contribution in [1.29, 1.82) is 0 Å². The van der Waals surface area contributed by atoms with Gasteiger partial charge in [-0.15, -0.1) is 0 Å². The van der Waals surface area contributed by atoms with E-state index in [1.165, 1.54) is 16.7 Å². The lowest BCUT2D eigenvalue weighted by atomic mass is 10.0. The lowest BCUT2D eigenvalue weighted by molar-refractivity contribution is 1.02. The van der Waals surface area contributed by atoms with Gasteiger partial charge < -0.3 is 10.7 Å². The minimum atomic E-state index is 0.759. The molecule has 0 aliphatic carbocycles. The first-order valence-corrected chi connectivity index (χ1v) is 6.42. The summed E-state index contributed by atoms with van der Waals surface area (Å²) in [6, 6.07) is 12.3. The third-order valence-electron chi connectivity index (χ3n) is 3.42. The van der Waals surface area contributed by atoms with E-state index in [0.717, 1.165) is 29.0 Å². The van der Waals surface area contributed by atoms with Crippen molar-refractivity contribution >= 4 is 16.7 Å². The van der Waals surface area contributed by atoms with Gasteiger partial charge in [0.2, 0.25) is 0 Å². The number of fused-ring (bicyclic) bond motifs is 1. The number of nitrogens with two attached hydrogens (primary N) is 1. The molecule has 1 heterocycles. The Balaban J connectivity index is 1.98. The molecule has 0 bridgehead atoms. The second kappa shape index (κ2) is 4.43. The Morgan fingerprint density at radius 3 is 2.79 bits per heavy atom. The average Bonchev–Trinajstić information content (AvgIpc) is 2.75. The fourth-order valence-corrected chi connectivity index (χ4v) is 2.33. The van der Waals surface area contributed by atoms with E-state index < -0.39 is 0 Å². The van der Waals surface area contributed by atoms with E-state index in [9.17, 15) is 0 Å². The number of nitrogens with one attached hydrogen (secondary N) is 1. The molecule has 3 N–H and O–H groups in total. The highest BCUT2D eigenvalue weighted by atomic mass is 14.9. The molecule has 0 unspecified atom stereocenters. The summed E-state index contributed by atoms with van der Waals surface area (Å²) in [7, 11) is 0. The Hall–Kier alpha value is -2.29. The fourth-order valence-electron chi connectivity index (χ4n) is 2.33. The van der Waals surface area contributed by atoms with Gasteiger partial charge in [0.25, 0.3) is 0 Å². The maximum atomic E-state index is 5.78. The minimum Gasteiger partial charge on any atom is -0.399 e. The van der Waals surface area contributed by atoms with Gasteiger partial charge in [-0.1, -0.05) is 23.8 Å². The van der Waals surface area contributed by atoms with Crippen LogP contribution < -0.4 is 5.73 Å². The number of hydrogen-bond acceptors (Lipinski definition) is 2. The van der Waals surface area contributed by atoms with Crippen molar-refractivity contribution in [3.8, 4) is 0 Å². The molecule has 0 aliphatic heterocycles. The second-order valence-electron chi connectivity index (χ2n) is 5.07. The molecule has 96 valence electrons. The standard InChI is InChI=1S/C16H17N3/c1-10-3-4-11(2)12(7-10)8-16-18-14-6-5-13(17)9-15(14)19-16/h3-7,9H,8,17H2,1-2H3,(H,18,19). The van der Waals surface area contributed by atoms with Gasteiger partial charge in [0.1, 0.15) is 5.82 Å². The van der Waals surface area contributed by atoms with Gasteiger partial charge in [-0.2, -0.15) is 0 Å². The lowest BCUT2D eigenvalue weighted by Crippen LogP contribution is -1.94. The van der Waals surface area contributed by atoms with Crippen LogP contribution in [0.3, 0.4) is 0 Å². The molecule has 0 atom stereocenters. The summed E-state index contributed by atoms with van der Waals surface area (Å²) >= 11 is 0. The molecule has 3 nitrogen and oxygen atoms in total. The van der Waals surface area contributed by atoms with Crippen molar-refractivity contribution in [1.82, 2.24) is 9.97 Å². The monoisotopic (exact) mass is 251 g/mol. The fraction of sp³-hybridized carbons (Fsp3) is 0.188. The van der Waals surface area contributed by atoms with Crippen molar-refractivity contribution < 1.29 is 0 Å². The predicted molar refractivity (Wildman–Crippen MR) is 79.2 cm³/mol. The largest absolute Gasteiger partial charge is 0.399 e. The van der Waals surface area contributed by atoms with Crippen LogP contribution in [0.5, 0.6) is 0 Å². The summed E-state index contributed by atoms with van der Waals surface area (Å²) in [5, 5.41) is 0. The highest BCUT2D eigenvalue weighted by Crippen LogP contribution is 2.18. The smallest absolute Gasteiger partial charge is 0.111 e. The molecule has 0 saturated heterocycles. The minimum absolute atomic E-state index is 0.759. The third-order valence-corrected chi connectivity index (χ3v) is 3.42. The molecule has 19 heavy (non-hydrogen) atoms. The molecule has 1 aromatic heterocycles. The van der Waals surface area contributed by atoms with Gasteiger partial charge >= 0.3 is 0 Å². The second-order valence-corrected chi connectivity index (χ2v) is 5.07. The molecule has 3 heteroatoms. The molecule has 3 rings (SSSR count). The van der Waals surface area contributed by atoms with E-state index in [4.69, 9.17) is 5.73 Å². The van der Waals surface area contributed by atoms with E-state index in [0.29, 0.717) is 0 Å². The first-order chi connectivity index (χ1) is 9.11. The first kappa shape index (κ1) is 11.8. The summed E-state index contributed by atoms with van der Waals surface area (Å²) in [6.07, 6.45) is 0.822. The number of aryl methyl sites for hydroxylation is 2. The van der Waals surface area contributed by atoms with Gasteiger partial charge in [-0.05, 0) is 43.2 Å². The highest BCUT2D eigenvalue weighted by molar-refractivity contribution is 5.78. The summed E-state index contributed by atoms with van der Waals surface area (Å²) in [6.45, 7) is 4.25. The molecule has 2 aromatic carbocycles. The van der Waals surface area contributed by atoms with Gasteiger partial charge in [-0.25, -0.2) is 4.98 Å². The van der Waals surface area contributed by atoms with Gasteiger partial charge in [-0.3, -0.25) is 0 Å². The van der Waals surface area contributed by atoms with Gasteiger partial charge in [0.05, 0.1) is 11.0 Å². The Morgan fingerprint density at radius 2 is 1.95 bits per heavy atom. The molecule has 0 spiro atoms. The van der Waals surface area contributed by atoms with Crippen LogP contribution in [0.4, 0.5) is 5.69 Å². The Morgan fingerprint density at radius 1 is 1.11 bits per heavy atom. The zero-order valence-corrected chi connectivity index (χ0v) is 11.2. The van der Waals surface area contributed by atoms with Crippen LogP contribution in [0.15, 0.2) is 36.4 Å². The summed E-state index contributed by atoms with van der Waals surface area (Å²) in [4.78, 5) is 7.95. The number of H-pyrrole nitrogens is 1. The summed E-state index contributed by atoms with van der Waals surface area (Å²) in [5.74, 6) is 0.981. The number of nitrogens with zero attached hydrogens (tertiary/aromatic N) is 1. The number of benzene rings is 2. The molecular weight excluding hydrogens is 234 g/mol. The molecule has 3 aromatic rings. The van der Waals surface area contributed by atoms with Gasteiger partial charge in [0.15, 0.2) is 0 Å². The van der Waals surface area contributed by atoms with E-state index in [-0.39, 0.29) is 0 Å². The quantitative estimate of drug-likeness (QED) is 0.686. The van der Waals surface area contributed by atoms with Crippen LogP contribution in [-0.2, 0) is 6.42 Å². The topological polar surface area (TPSA) is 54.7 Å². The first-order valence-electron chi connectivity index (χ1n) is 6.42. The lowest BCUT2D eigenvalue weighted by Gasteiger charge is -2.04. The van der Waals surface area contributed by atoms with Crippen LogP contribution in [-0.4, -0.2) is 9.97 Å². The van der Waals surface area contributed by atoms with Crippen LogP contribution in [0, 0.1) is 13.8 Å². The zero-order chi connectivity index (χ0) is 13.4. The summed E-state index contributed by atoms with van der Waals surface area (Å²) < 4.78 is 0. The van der Waals surface area contributed by atoms with Crippen molar-refractivity contribution in [3.05, 3.63) is 58.9 Å². The number of nitrogen functional groups attached to an aromatic ring is 1. The SMILES string of the molecule is Cc1ccc(C)c(Cc2nc3ccc(N)cc3[nH]2)c1. The van der Waals surface area contributed by atoms with Crippen LogP contribution in [0.25, 0.3) is 11.0 Å². The van der Waals surface area contributed by atoms with Crippen molar-refractivity contribution in [2.24, 2.45) is 0 Å². The summed E-state index contributed by atoms with van der Waals surface area (Å²) in [5.41, 5.74) is 12.4. The van der Waals surface area contributed by atoms with E-state index in [1.54, 1.807) is 0 Å². The number of hydrogen-bond donors (Lipinski definition) is 2. The Bertz CT molecular complexity index is 741. The maximum absolute atomic E-state index is 5.78. The number of anilines is 1. The van der Waals surface area contributed by atoms with E-state index >= 15 is 0 Å². The van der Waals surface area contributed by atoms with Crippen LogP contribution in [0.2, 0.25) is 0 Å². The molecule has 0 saturated carbocycles. The van der Waals surface area contributed by atoms with Crippen LogP contribution in [0.1, 0.15) is 22.5 Å². The number of rotatable bonds is 2. The highest BCUT2D eigenvalue weighted by Gasteiger charge is 2.06. The molecular formula is C16H17N3.